The highest BCUT2D eigenvalue weighted by molar-refractivity contribution is 5.52. The number of benzene rings is 2. The molecule has 0 atom stereocenters. The molecule has 2 aromatic carbocycles. The van der Waals surface area contributed by atoms with Crippen molar-refractivity contribution in [3.8, 4) is 11.8 Å². The minimum Gasteiger partial charge on any atom is -0.488 e. The van der Waals surface area contributed by atoms with E-state index in [1.54, 1.807) is 0 Å². The van der Waals surface area contributed by atoms with Gasteiger partial charge in [-0.25, -0.2) is 4.39 Å². The van der Waals surface area contributed by atoms with E-state index in [1.165, 1.54) is 18.2 Å². The largest absolute Gasteiger partial charge is 0.488 e. The van der Waals surface area contributed by atoms with Crippen molar-refractivity contribution < 1.29 is 9.13 Å². The normalized spacial score (nSPS) is 10.1. The summed E-state index contributed by atoms with van der Waals surface area (Å²) in [5.41, 5.74) is 9.00. The van der Waals surface area contributed by atoms with E-state index in [4.69, 9.17) is 15.7 Å². The van der Waals surface area contributed by atoms with Crippen molar-refractivity contribution in [2.24, 2.45) is 0 Å². The molecular formula is C16H15FN2O. The summed E-state index contributed by atoms with van der Waals surface area (Å²) in [6, 6.07) is 9.82. The van der Waals surface area contributed by atoms with Crippen LogP contribution in [0.15, 0.2) is 30.3 Å². The lowest BCUT2D eigenvalue weighted by molar-refractivity contribution is 0.296. The highest BCUT2D eigenvalue weighted by Gasteiger charge is 2.09. The number of nitrogen functional groups attached to an aromatic ring is 1. The van der Waals surface area contributed by atoms with Gasteiger partial charge in [0.25, 0.3) is 0 Å². The molecule has 0 amide bonds. The van der Waals surface area contributed by atoms with Crippen molar-refractivity contribution in [3.63, 3.8) is 0 Å². The fourth-order valence-corrected chi connectivity index (χ4v) is 2.12. The molecule has 0 unspecified atom stereocenters. The second kappa shape index (κ2) is 5.62. The number of anilines is 1. The molecule has 2 aromatic rings. The molecule has 0 bridgehead atoms. The van der Waals surface area contributed by atoms with Crippen LogP contribution in [0.4, 0.5) is 10.1 Å². The summed E-state index contributed by atoms with van der Waals surface area (Å²) < 4.78 is 19.3. The van der Waals surface area contributed by atoms with Crippen molar-refractivity contribution >= 4 is 5.69 Å². The predicted molar refractivity (Wildman–Crippen MR) is 75.8 cm³/mol. The van der Waals surface area contributed by atoms with Crippen molar-refractivity contribution in [2.75, 3.05) is 5.73 Å². The summed E-state index contributed by atoms with van der Waals surface area (Å²) in [7, 11) is 0. The molecule has 0 heterocycles. The monoisotopic (exact) mass is 270 g/mol. The minimum absolute atomic E-state index is 0.0763. The van der Waals surface area contributed by atoms with E-state index in [-0.39, 0.29) is 12.4 Å². The van der Waals surface area contributed by atoms with Crippen molar-refractivity contribution in [1.82, 2.24) is 0 Å². The van der Waals surface area contributed by atoms with Crippen LogP contribution in [0.5, 0.6) is 5.75 Å². The second-order valence-corrected chi connectivity index (χ2v) is 4.69. The third-order valence-corrected chi connectivity index (χ3v) is 3.03. The van der Waals surface area contributed by atoms with Gasteiger partial charge in [0, 0.05) is 11.3 Å². The second-order valence-electron chi connectivity index (χ2n) is 4.69. The zero-order chi connectivity index (χ0) is 14.7. The van der Waals surface area contributed by atoms with E-state index in [0.29, 0.717) is 22.6 Å². The number of ether oxygens (including phenoxy) is 1. The molecule has 0 aliphatic heterocycles. The van der Waals surface area contributed by atoms with E-state index in [2.05, 4.69) is 0 Å². The summed E-state index contributed by atoms with van der Waals surface area (Å²) in [6.07, 6.45) is 0. The molecule has 0 radical (unpaired) electrons. The molecule has 0 spiro atoms. The topological polar surface area (TPSA) is 59.0 Å². The van der Waals surface area contributed by atoms with E-state index < -0.39 is 0 Å². The lowest BCUT2D eigenvalue weighted by Crippen LogP contribution is -2.02. The van der Waals surface area contributed by atoms with Gasteiger partial charge in [0.05, 0.1) is 11.6 Å². The van der Waals surface area contributed by atoms with E-state index in [1.807, 2.05) is 32.0 Å². The van der Waals surface area contributed by atoms with Crippen molar-refractivity contribution in [3.05, 3.63) is 58.4 Å². The Labute approximate surface area is 117 Å². The van der Waals surface area contributed by atoms with Crippen molar-refractivity contribution in [2.45, 2.75) is 20.5 Å². The average molecular weight is 270 g/mol. The lowest BCUT2D eigenvalue weighted by Gasteiger charge is -2.13. The molecule has 2 rings (SSSR count). The number of rotatable bonds is 3. The lowest BCUT2D eigenvalue weighted by atomic mass is 10.1. The molecule has 0 aromatic heterocycles. The Balaban J connectivity index is 2.24. The van der Waals surface area contributed by atoms with Gasteiger partial charge in [0.1, 0.15) is 18.2 Å². The molecule has 102 valence electrons. The maximum absolute atomic E-state index is 13.7. The molecule has 0 aliphatic rings. The molecule has 0 aliphatic carbocycles. The van der Waals surface area contributed by atoms with Crippen LogP contribution in [-0.2, 0) is 6.61 Å². The first kappa shape index (κ1) is 13.9. The molecule has 0 saturated carbocycles. The fraction of sp³-hybridized carbons (Fsp3) is 0.188. The van der Waals surface area contributed by atoms with Crippen LogP contribution in [0, 0.1) is 31.0 Å². The molecule has 0 fully saturated rings. The molecule has 3 nitrogen and oxygen atoms in total. The Kier molecular flexibility index (Phi) is 3.90. The number of nitrogens with zero attached hydrogens (tertiary/aromatic N) is 1. The highest BCUT2D eigenvalue weighted by Crippen LogP contribution is 2.27. The Morgan fingerprint density at radius 2 is 1.85 bits per heavy atom. The number of hydrogen-bond acceptors (Lipinski definition) is 3. The number of nitriles is 1. The number of nitrogens with two attached hydrogens (primary N) is 1. The van der Waals surface area contributed by atoms with Gasteiger partial charge in [-0.3, -0.25) is 0 Å². The third kappa shape index (κ3) is 2.89. The van der Waals surface area contributed by atoms with E-state index in [9.17, 15) is 4.39 Å². The average Bonchev–Trinajstić information content (AvgIpc) is 2.39. The fourth-order valence-electron chi connectivity index (χ4n) is 2.12. The first-order valence-electron chi connectivity index (χ1n) is 6.19. The van der Waals surface area contributed by atoms with Gasteiger partial charge >= 0.3 is 0 Å². The summed E-state index contributed by atoms with van der Waals surface area (Å²) in [4.78, 5) is 0. The summed E-state index contributed by atoms with van der Waals surface area (Å²) >= 11 is 0. The minimum atomic E-state index is -0.380. The molecule has 20 heavy (non-hydrogen) atoms. The van der Waals surface area contributed by atoms with Gasteiger partial charge < -0.3 is 10.5 Å². The van der Waals surface area contributed by atoms with Gasteiger partial charge in [-0.1, -0.05) is 0 Å². The number of hydrogen-bond donors (Lipinski definition) is 1. The maximum atomic E-state index is 13.7. The Bertz CT molecular complexity index is 666. The Morgan fingerprint density at radius 3 is 2.45 bits per heavy atom. The van der Waals surface area contributed by atoms with Crippen LogP contribution in [0.1, 0.15) is 22.3 Å². The SMILES string of the molecule is Cc1cc(N)cc(C)c1OCc1cc(C#N)ccc1F. The van der Waals surface area contributed by atoms with Crippen LogP contribution in [0.25, 0.3) is 0 Å². The maximum Gasteiger partial charge on any atom is 0.129 e. The zero-order valence-corrected chi connectivity index (χ0v) is 11.4. The smallest absolute Gasteiger partial charge is 0.129 e. The third-order valence-electron chi connectivity index (χ3n) is 3.03. The summed E-state index contributed by atoms with van der Waals surface area (Å²) in [6.45, 7) is 3.86. The van der Waals surface area contributed by atoms with E-state index in [0.717, 1.165) is 11.1 Å². The zero-order valence-electron chi connectivity index (χ0n) is 11.4. The summed E-state index contributed by atoms with van der Waals surface area (Å²) in [5.74, 6) is 0.315. The van der Waals surface area contributed by atoms with Gasteiger partial charge in [-0.2, -0.15) is 5.26 Å². The van der Waals surface area contributed by atoms with E-state index >= 15 is 0 Å². The molecule has 2 N–H and O–H groups in total. The Hall–Kier alpha value is -2.54. The molecule has 4 heteroatoms. The highest BCUT2D eigenvalue weighted by atomic mass is 19.1. The summed E-state index contributed by atoms with van der Waals surface area (Å²) in [5, 5.41) is 8.83. The number of aryl methyl sites for hydroxylation is 2. The molecule has 0 saturated heterocycles. The van der Waals surface area contributed by atoms with Gasteiger partial charge in [0.2, 0.25) is 0 Å². The molecular weight excluding hydrogens is 255 g/mol. The van der Waals surface area contributed by atoms with Crippen LogP contribution in [-0.4, -0.2) is 0 Å². The Morgan fingerprint density at radius 1 is 1.20 bits per heavy atom. The van der Waals surface area contributed by atoms with Crippen LogP contribution >= 0.6 is 0 Å². The standard InChI is InChI=1S/C16H15FN2O/c1-10-5-14(19)6-11(2)16(10)20-9-13-7-12(8-18)3-4-15(13)17/h3-7H,9,19H2,1-2H3. The van der Waals surface area contributed by atoms with Crippen molar-refractivity contribution in [1.29, 1.82) is 5.26 Å². The van der Waals surface area contributed by atoms with Crippen LogP contribution in [0.2, 0.25) is 0 Å². The quantitative estimate of drug-likeness (QED) is 0.869. The number of halogens is 1. The van der Waals surface area contributed by atoms with Gasteiger partial charge in [0.15, 0.2) is 0 Å². The van der Waals surface area contributed by atoms with Gasteiger partial charge in [-0.15, -0.1) is 0 Å². The van der Waals surface area contributed by atoms with Gasteiger partial charge in [-0.05, 0) is 55.3 Å². The predicted octanol–water partition coefficient (Wildman–Crippen LogP) is 3.48. The first-order valence-corrected chi connectivity index (χ1v) is 6.19. The van der Waals surface area contributed by atoms with Crippen LogP contribution in [0.3, 0.4) is 0 Å². The first-order chi connectivity index (χ1) is 9.51. The van der Waals surface area contributed by atoms with Crippen LogP contribution < -0.4 is 10.5 Å².